The zero-order valence-electron chi connectivity index (χ0n) is 17.9. The Balaban J connectivity index is 1.67. The van der Waals surface area contributed by atoms with Crippen molar-refractivity contribution in [1.29, 1.82) is 0 Å². The number of fused-ring (bicyclic) bond motifs is 1. The molecule has 1 amide bonds. The number of aliphatic hydroxyl groups is 1. The number of carbonyl (C=O) groups is 1. The van der Waals surface area contributed by atoms with Gasteiger partial charge in [-0.05, 0) is 42.3 Å². The topological polar surface area (TPSA) is 88.4 Å². The lowest BCUT2D eigenvalue weighted by molar-refractivity contribution is -0.173. The SMILES string of the molecule is COc1cccc([C@H]2C[C@@H](C(F)(F)F)n3ncc(C(=O)Nc4cccc([C@H](C)O)c4)c3N2)c1. The molecule has 1 aliphatic heterocycles. The number of amides is 1. The molecule has 0 bridgehead atoms. The van der Waals surface area contributed by atoms with Crippen LogP contribution in [-0.2, 0) is 0 Å². The van der Waals surface area contributed by atoms with Crippen LogP contribution in [0.1, 0.15) is 53.0 Å². The van der Waals surface area contributed by atoms with E-state index >= 15 is 0 Å². The molecule has 174 valence electrons. The van der Waals surface area contributed by atoms with Gasteiger partial charge in [-0.25, -0.2) is 4.68 Å². The molecule has 2 heterocycles. The van der Waals surface area contributed by atoms with Crippen molar-refractivity contribution in [3.63, 3.8) is 0 Å². The fraction of sp³-hybridized carbons (Fsp3) is 0.304. The Morgan fingerprint density at radius 1 is 1.27 bits per heavy atom. The highest BCUT2D eigenvalue weighted by atomic mass is 19.4. The van der Waals surface area contributed by atoms with Gasteiger partial charge in [-0.2, -0.15) is 18.3 Å². The molecule has 1 aromatic heterocycles. The van der Waals surface area contributed by atoms with Crippen molar-refractivity contribution in [2.75, 3.05) is 17.7 Å². The molecule has 0 unspecified atom stereocenters. The van der Waals surface area contributed by atoms with Crippen LogP contribution in [0.15, 0.2) is 54.7 Å². The second-order valence-electron chi connectivity index (χ2n) is 7.87. The number of nitrogens with zero attached hydrogens (tertiary/aromatic N) is 2. The van der Waals surface area contributed by atoms with Crippen molar-refractivity contribution in [3.05, 3.63) is 71.4 Å². The highest BCUT2D eigenvalue weighted by Gasteiger charge is 2.47. The molecule has 7 nitrogen and oxygen atoms in total. The van der Waals surface area contributed by atoms with E-state index in [4.69, 9.17) is 4.74 Å². The first-order valence-corrected chi connectivity index (χ1v) is 10.3. The third kappa shape index (κ3) is 4.65. The van der Waals surface area contributed by atoms with Crippen LogP contribution in [0.2, 0.25) is 0 Å². The molecule has 3 N–H and O–H groups in total. The lowest BCUT2D eigenvalue weighted by Crippen LogP contribution is -2.36. The van der Waals surface area contributed by atoms with Crippen LogP contribution in [-0.4, -0.2) is 34.1 Å². The molecule has 0 saturated carbocycles. The number of hydrogen-bond acceptors (Lipinski definition) is 5. The van der Waals surface area contributed by atoms with Crippen molar-refractivity contribution >= 4 is 17.4 Å². The number of rotatable bonds is 5. The van der Waals surface area contributed by atoms with E-state index in [-0.39, 0.29) is 17.8 Å². The zero-order chi connectivity index (χ0) is 23.8. The van der Waals surface area contributed by atoms with Crippen molar-refractivity contribution in [2.24, 2.45) is 0 Å². The van der Waals surface area contributed by atoms with Crippen LogP contribution in [0.25, 0.3) is 0 Å². The molecule has 0 radical (unpaired) electrons. The van der Waals surface area contributed by atoms with Gasteiger partial charge in [-0.1, -0.05) is 24.3 Å². The lowest BCUT2D eigenvalue weighted by Gasteiger charge is -2.34. The van der Waals surface area contributed by atoms with Crippen molar-refractivity contribution in [1.82, 2.24) is 9.78 Å². The Morgan fingerprint density at radius 2 is 2.03 bits per heavy atom. The minimum absolute atomic E-state index is 0.0134. The van der Waals surface area contributed by atoms with Crippen molar-refractivity contribution < 1.29 is 27.8 Å². The molecule has 4 rings (SSSR count). The number of aliphatic hydroxyl groups excluding tert-OH is 1. The Hall–Kier alpha value is -3.53. The average Bonchev–Trinajstić information content (AvgIpc) is 3.22. The molecule has 3 atom stereocenters. The molecule has 0 aliphatic carbocycles. The fourth-order valence-electron chi connectivity index (χ4n) is 3.88. The van der Waals surface area contributed by atoms with Gasteiger partial charge in [0.1, 0.15) is 17.1 Å². The first-order valence-electron chi connectivity index (χ1n) is 10.3. The summed E-state index contributed by atoms with van der Waals surface area (Å²) >= 11 is 0. The van der Waals surface area contributed by atoms with E-state index in [1.54, 1.807) is 55.5 Å². The molecular weight excluding hydrogens is 437 g/mol. The van der Waals surface area contributed by atoms with Crippen LogP contribution in [0.4, 0.5) is 24.7 Å². The Morgan fingerprint density at radius 3 is 2.73 bits per heavy atom. The average molecular weight is 460 g/mol. The molecule has 0 spiro atoms. The van der Waals surface area contributed by atoms with Crippen molar-refractivity contribution in [3.8, 4) is 5.75 Å². The quantitative estimate of drug-likeness (QED) is 0.506. The number of halogens is 3. The smallest absolute Gasteiger partial charge is 0.410 e. The molecule has 33 heavy (non-hydrogen) atoms. The standard InChI is InChI=1S/C23H23F3N4O3/c1-13(31)14-5-3-7-16(9-14)28-22(32)18-12-27-30-20(23(24,25)26)11-19(29-21(18)30)15-6-4-8-17(10-15)33-2/h3-10,12-13,19-20,29,31H,11H2,1-2H3,(H,28,32)/t13-,19+,20-/m0/s1. The van der Waals surface area contributed by atoms with Gasteiger partial charge in [0.05, 0.1) is 25.5 Å². The second-order valence-corrected chi connectivity index (χ2v) is 7.87. The summed E-state index contributed by atoms with van der Waals surface area (Å²) in [5.74, 6) is -0.104. The first-order chi connectivity index (χ1) is 15.7. The van der Waals surface area contributed by atoms with Crippen LogP contribution in [0.3, 0.4) is 0 Å². The van der Waals surface area contributed by atoms with Crippen LogP contribution >= 0.6 is 0 Å². The Bertz CT molecular complexity index is 1160. The number of hydrogen-bond donors (Lipinski definition) is 3. The van der Waals surface area contributed by atoms with Gasteiger partial charge < -0.3 is 20.5 Å². The van der Waals surface area contributed by atoms with Gasteiger partial charge in [-0.3, -0.25) is 4.79 Å². The van der Waals surface area contributed by atoms with E-state index in [1.165, 1.54) is 7.11 Å². The highest BCUT2D eigenvalue weighted by molar-refractivity contribution is 6.07. The number of methoxy groups -OCH3 is 1. The van der Waals surface area contributed by atoms with Crippen LogP contribution in [0.5, 0.6) is 5.75 Å². The summed E-state index contributed by atoms with van der Waals surface area (Å²) < 4.78 is 47.7. The third-order valence-electron chi connectivity index (χ3n) is 5.61. The van der Waals surface area contributed by atoms with Gasteiger partial charge in [0, 0.05) is 12.1 Å². The van der Waals surface area contributed by atoms with Gasteiger partial charge in [0.2, 0.25) is 0 Å². The number of aromatic nitrogens is 2. The summed E-state index contributed by atoms with van der Waals surface area (Å²) in [6, 6.07) is 10.8. The van der Waals surface area contributed by atoms with E-state index < -0.39 is 30.3 Å². The number of anilines is 2. The number of carbonyl (C=O) groups excluding carboxylic acids is 1. The van der Waals surface area contributed by atoms with Gasteiger partial charge >= 0.3 is 6.18 Å². The van der Waals surface area contributed by atoms with Gasteiger partial charge in [-0.15, -0.1) is 0 Å². The Kier molecular flexibility index (Phi) is 6.03. The van der Waals surface area contributed by atoms with Gasteiger partial charge in [0.25, 0.3) is 5.91 Å². The lowest BCUT2D eigenvalue weighted by atomic mass is 9.96. The van der Waals surface area contributed by atoms with Crippen LogP contribution in [0, 0.1) is 0 Å². The summed E-state index contributed by atoms with van der Waals surface area (Å²) in [6.45, 7) is 1.59. The summed E-state index contributed by atoms with van der Waals surface area (Å²) in [6.07, 6.45) is -4.45. The maximum Gasteiger partial charge on any atom is 0.410 e. The molecule has 3 aromatic rings. The minimum Gasteiger partial charge on any atom is -0.497 e. The van der Waals surface area contributed by atoms with E-state index in [0.717, 1.165) is 10.9 Å². The van der Waals surface area contributed by atoms with E-state index in [0.29, 0.717) is 22.6 Å². The second kappa shape index (κ2) is 8.78. The van der Waals surface area contributed by atoms with E-state index in [1.807, 2.05) is 0 Å². The first kappa shape index (κ1) is 22.7. The van der Waals surface area contributed by atoms with E-state index in [9.17, 15) is 23.1 Å². The molecule has 10 heteroatoms. The summed E-state index contributed by atoms with van der Waals surface area (Å²) in [7, 11) is 1.48. The molecular formula is C23H23F3N4O3. The minimum atomic E-state index is -4.56. The molecule has 0 saturated heterocycles. The third-order valence-corrected chi connectivity index (χ3v) is 5.61. The number of alkyl halides is 3. The van der Waals surface area contributed by atoms with Crippen molar-refractivity contribution in [2.45, 2.75) is 37.7 Å². The van der Waals surface area contributed by atoms with Crippen LogP contribution < -0.4 is 15.4 Å². The largest absolute Gasteiger partial charge is 0.497 e. The number of nitrogens with one attached hydrogen (secondary N) is 2. The fourth-order valence-corrected chi connectivity index (χ4v) is 3.88. The monoisotopic (exact) mass is 460 g/mol. The normalized spacial score (nSPS) is 18.7. The summed E-state index contributed by atoms with van der Waals surface area (Å²) in [4.78, 5) is 13.0. The highest BCUT2D eigenvalue weighted by Crippen LogP contribution is 2.44. The molecule has 2 aromatic carbocycles. The molecule has 1 aliphatic rings. The summed E-state index contributed by atoms with van der Waals surface area (Å²) in [5, 5.41) is 19.4. The number of ether oxygens (including phenoxy) is 1. The molecule has 0 fully saturated rings. The maximum absolute atomic E-state index is 13.9. The van der Waals surface area contributed by atoms with Gasteiger partial charge in [0.15, 0.2) is 6.04 Å². The predicted octanol–water partition coefficient (Wildman–Crippen LogP) is 4.86. The zero-order valence-corrected chi connectivity index (χ0v) is 17.9. The Labute approximate surface area is 188 Å². The number of benzene rings is 2. The maximum atomic E-state index is 13.9. The van der Waals surface area contributed by atoms with E-state index in [2.05, 4.69) is 15.7 Å². The predicted molar refractivity (Wildman–Crippen MR) is 116 cm³/mol. The summed E-state index contributed by atoms with van der Waals surface area (Å²) in [5.41, 5.74) is 1.59.